The number of guanidine groups is 1. The van der Waals surface area contributed by atoms with Crippen LogP contribution in [0.15, 0.2) is 4.99 Å². The molecule has 3 atom stereocenters. The molecule has 3 unspecified atom stereocenters. The van der Waals surface area contributed by atoms with Gasteiger partial charge in [0.1, 0.15) is 0 Å². The van der Waals surface area contributed by atoms with Gasteiger partial charge in [-0.2, -0.15) is 0 Å². The van der Waals surface area contributed by atoms with Crippen LogP contribution in [-0.4, -0.2) is 52.8 Å². The van der Waals surface area contributed by atoms with Crippen molar-refractivity contribution in [1.82, 2.24) is 16.0 Å². The van der Waals surface area contributed by atoms with Gasteiger partial charge in [-0.25, -0.2) is 0 Å². The monoisotopic (exact) mass is 486 g/mol. The average Bonchev–Trinajstić information content (AvgIpc) is 2.59. The van der Waals surface area contributed by atoms with E-state index in [1.165, 1.54) is 0 Å². The van der Waals surface area contributed by atoms with Crippen LogP contribution in [0, 0.1) is 0 Å². The van der Waals surface area contributed by atoms with E-state index in [4.69, 9.17) is 0 Å². The Morgan fingerprint density at radius 3 is 2.60 bits per heavy atom. The van der Waals surface area contributed by atoms with Crippen molar-refractivity contribution in [3.63, 3.8) is 0 Å². The van der Waals surface area contributed by atoms with Crippen molar-refractivity contribution < 1.29 is 9.00 Å². The summed E-state index contributed by atoms with van der Waals surface area (Å²) in [6.45, 7) is 8.03. The van der Waals surface area contributed by atoms with Gasteiger partial charge in [0.15, 0.2) is 5.96 Å². The van der Waals surface area contributed by atoms with Crippen LogP contribution in [-0.2, 0) is 15.6 Å². The molecule has 1 rings (SSSR count). The van der Waals surface area contributed by atoms with Gasteiger partial charge in [-0.3, -0.25) is 14.0 Å². The van der Waals surface area contributed by atoms with Gasteiger partial charge in [0.25, 0.3) is 0 Å². The van der Waals surface area contributed by atoms with Gasteiger partial charge in [0, 0.05) is 47.4 Å². The van der Waals surface area contributed by atoms with Gasteiger partial charge < -0.3 is 16.0 Å². The maximum Gasteiger partial charge on any atom is 0.221 e. The summed E-state index contributed by atoms with van der Waals surface area (Å²) in [4.78, 5) is 16.1. The van der Waals surface area contributed by atoms with Crippen molar-refractivity contribution >= 4 is 46.6 Å². The molecule has 1 saturated carbocycles. The Morgan fingerprint density at radius 2 is 1.96 bits per heavy atom. The molecule has 1 aliphatic carbocycles. The van der Waals surface area contributed by atoms with E-state index in [9.17, 15) is 9.00 Å². The summed E-state index contributed by atoms with van der Waals surface area (Å²) >= 11 is 0. The van der Waals surface area contributed by atoms with Crippen molar-refractivity contribution in [2.75, 3.05) is 25.4 Å². The van der Waals surface area contributed by atoms with Gasteiger partial charge >= 0.3 is 0 Å². The summed E-state index contributed by atoms with van der Waals surface area (Å²) in [5.41, 5.74) is 0. The van der Waals surface area contributed by atoms with E-state index in [2.05, 4.69) is 20.9 Å². The summed E-state index contributed by atoms with van der Waals surface area (Å²) < 4.78 is 12.1. The molecule has 0 aliphatic heterocycles. The Labute approximate surface area is 172 Å². The maximum absolute atomic E-state index is 12.1. The molecule has 0 saturated heterocycles. The molecule has 1 amide bonds. The molecular formula is C17H35IN4O2S. The summed E-state index contributed by atoms with van der Waals surface area (Å²) in [5, 5.41) is 9.85. The third kappa shape index (κ3) is 10.4. The molecule has 0 aromatic heterocycles. The quantitative estimate of drug-likeness (QED) is 0.265. The molecule has 0 bridgehead atoms. The third-order valence-electron chi connectivity index (χ3n) is 4.15. The number of rotatable bonds is 9. The molecule has 0 heterocycles. The van der Waals surface area contributed by atoms with Crippen LogP contribution < -0.4 is 16.0 Å². The van der Waals surface area contributed by atoms with Crippen molar-refractivity contribution in [2.45, 2.75) is 70.6 Å². The minimum Gasteiger partial charge on any atom is -0.357 e. The number of nitrogens with zero attached hydrogens (tertiary/aromatic N) is 1. The molecule has 3 N–H and O–H groups in total. The van der Waals surface area contributed by atoms with Crippen molar-refractivity contribution in [3.05, 3.63) is 0 Å². The number of hydrogen-bond donors (Lipinski definition) is 3. The lowest BCUT2D eigenvalue weighted by atomic mass is 9.95. The van der Waals surface area contributed by atoms with Crippen LogP contribution in [0.1, 0.15) is 59.3 Å². The molecular weight excluding hydrogens is 451 g/mol. The number of nitrogens with one attached hydrogen (secondary N) is 3. The molecule has 0 aromatic carbocycles. The van der Waals surface area contributed by atoms with Gasteiger partial charge in [0.2, 0.25) is 5.91 Å². The first-order valence-electron chi connectivity index (χ1n) is 9.29. The lowest BCUT2D eigenvalue weighted by molar-refractivity contribution is -0.120. The zero-order valence-corrected chi connectivity index (χ0v) is 19.0. The molecule has 1 fully saturated rings. The van der Waals surface area contributed by atoms with E-state index in [0.29, 0.717) is 24.3 Å². The Bertz CT molecular complexity index is 435. The fraction of sp³-hybridized carbons (Fsp3) is 0.882. The smallest absolute Gasteiger partial charge is 0.221 e. The highest BCUT2D eigenvalue weighted by molar-refractivity contribution is 14.0. The molecule has 1 aliphatic rings. The highest BCUT2D eigenvalue weighted by Crippen LogP contribution is 2.22. The fourth-order valence-corrected chi connectivity index (χ4v) is 4.23. The highest BCUT2D eigenvalue weighted by atomic mass is 127. The van der Waals surface area contributed by atoms with Crippen molar-refractivity contribution in [3.8, 4) is 0 Å². The standard InChI is InChI=1S/C17H34N4O2S.HI/c1-4-11-19-16(22)10-12-20-17(18-5-2)21-14-8-7-9-15(13-14)24(23)6-3;/h14-15H,4-13H2,1-3H3,(H,19,22)(H2,18,20,21);1H. The van der Waals surface area contributed by atoms with E-state index in [-0.39, 0.29) is 29.9 Å². The number of carbonyl (C=O) groups excluding carboxylic acids is 1. The summed E-state index contributed by atoms with van der Waals surface area (Å²) in [5.74, 6) is 1.54. The van der Waals surface area contributed by atoms with E-state index in [1.54, 1.807) is 0 Å². The van der Waals surface area contributed by atoms with Crippen molar-refractivity contribution in [2.24, 2.45) is 4.99 Å². The third-order valence-corrected chi connectivity index (χ3v) is 5.89. The summed E-state index contributed by atoms with van der Waals surface area (Å²) in [6, 6.07) is 0.311. The number of aliphatic imine (C=N–C) groups is 1. The van der Waals surface area contributed by atoms with E-state index in [0.717, 1.165) is 56.9 Å². The second-order valence-electron chi connectivity index (χ2n) is 6.16. The van der Waals surface area contributed by atoms with Crippen LogP contribution in [0.25, 0.3) is 0 Å². The van der Waals surface area contributed by atoms with E-state index >= 15 is 0 Å². The van der Waals surface area contributed by atoms with E-state index in [1.807, 2.05) is 20.8 Å². The first-order chi connectivity index (χ1) is 11.6. The number of hydrogen-bond acceptors (Lipinski definition) is 3. The Morgan fingerprint density at radius 1 is 1.20 bits per heavy atom. The Balaban J connectivity index is 0.00000576. The molecule has 8 heteroatoms. The second kappa shape index (κ2) is 14.8. The van der Waals surface area contributed by atoms with Crippen LogP contribution in [0.4, 0.5) is 0 Å². The SMILES string of the molecule is CCCNC(=O)CCN=C(NCC)NC1CCCC(S(=O)CC)C1.I. The first kappa shape index (κ1) is 24.6. The Kier molecular flexibility index (Phi) is 14.5. The average molecular weight is 486 g/mol. The number of carbonyl (C=O) groups is 1. The molecule has 0 spiro atoms. The van der Waals surface area contributed by atoms with Gasteiger partial charge in [-0.05, 0) is 32.6 Å². The maximum atomic E-state index is 12.1. The number of halogens is 1. The van der Waals surface area contributed by atoms with Gasteiger partial charge in [0.05, 0.1) is 6.54 Å². The second-order valence-corrected chi connectivity index (χ2v) is 8.17. The minimum absolute atomic E-state index is 0. The first-order valence-corrected chi connectivity index (χ1v) is 10.7. The molecule has 0 aromatic rings. The zero-order valence-electron chi connectivity index (χ0n) is 15.8. The minimum atomic E-state index is -0.721. The lowest BCUT2D eigenvalue weighted by Gasteiger charge is -2.30. The predicted octanol–water partition coefficient (Wildman–Crippen LogP) is 2.16. The van der Waals surface area contributed by atoms with Gasteiger partial charge in [-0.1, -0.05) is 20.3 Å². The van der Waals surface area contributed by atoms with Crippen LogP contribution in [0.2, 0.25) is 0 Å². The topological polar surface area (TPSA) is 82.6 Å². The fourth-order valence-electron chi connectivity index (χ4n) is 2.89. The molecule has 6 nitrogen and oxygen atoms in total. The largest absolute Gasteiger partial charge is 0.357 e. The lowest BCUT2D eigenvalue weighted by Crippen LogP contribution is -2.46. The molecule has 0 radical (unpaired) electrons. The van der Waals surface area contributed by atoms with Crippen molar-refractivity contribution in [1.29, 1.82) is 0 Å². The van der Waals surface area contributed by atoms with Gasteiger partial charge in [-0.15, -0.1) is 24.0 Å². The van der Waals surface area contributed by atoms with Crippen LogP contribution in [0.3, 0.4) is 0 Å². The molecule has 148 valence electrons. The predicted molar refractivity (Wildman–Crippen MR) is 117 cm³/mol. The highest BCUT2D eigenvalue weighted by Gasteiger charge is 2.25. The van der Waals surface area contributed by atoms with E-state index < -0.39 is 10.8 Å². The van der Waals surface area contributed by atoms with Crippen LogP contribution >= 0.6 is 24.0 Å². The normalized spacial score (nSPS) is 21.8. The summed E-state index contributed by atoms with van der Waals surface area (Å²) in [7, 11) is -0.721. The molecule has 25 heavy (non-hydrogen) atoms. The zero-order chi connectivity index (χ0) is 17.8. The summed E-state index contributed by atoms with van der Waals surface area (Å²) in [6.07, 6.45) is 5.53. The van der Waals surface area contributed by atoms with Crippen LogP contribution in [0.5, 0.6) is 0 Å². The Hall–Kier alpha value is -0.380. The number of amides is 1.